The van der Waals surface area contributed by atoms with Gasteiger partial charge in [-0.15, -0.1) is 0 Å². The van der Waals surface area contributed by atoms with Gasteiger partial charge in [0.05, 0.1) is 29.8 Å². The summed E-state index contributed by atoms with van der Waals surface area (Å²) in [6, 6.07) is 8.29. The van der Waals surface area contributed by atoms with Crippen LogP contribution in [-0.4, -0.2) is 58.3 Å². The van der Waals surface area contributed by atoms with Crippen LogP contribution in [0, 0.1) is 0 Å². The molecule has 2 atom stereocenters. The van der Waals surface area contributed by atoms with E-state index in [4.69, 9.17) is 4.74 Å². The molecule has 0 bridgehead atoms. The molecule has 0 saturated carbocycles. The topological polar surface area (TPSA) is 74.4 Å². The van der Waals surface area contributed by atoms with Gasteiger partial charge in [0.1, 0.15) is 0 Å². The first kappa shape index (κ1) is 18.1. The molecule has 0 spiro atoms. The second-order valence-corrected chi connectivity index (χ2v) is 7.92. The van der Waals surface area contributed by atoms with Crippen molar-refractivity contribution in [1.29, 1.82) is 0 Å². The number of amides is 1. The lowest BCUT2D eigenvalue weighted by atomic mass is 9.99. The van der Waals surface area contributed by atoms with Crippen LogP contribution < -0.4 is 4.90 Å². The molecule has 1 amide bonds. The molecule has 29 heavy (non-hydrogen) atoms. The van der Waals surface area contributed by atoms with Gasteiger partial charge >= 0.3 is 0 Å². The number of ether oxygens (including phenoxy) is 1. The van der Waals surface area contributed by atoms with Crippen molar-refractivity contribution in [2.24, 2.45) is 0 Å². The van der Waals surface area contributed by atoms with Gasteiger partial charge < -0.3 is 14.5 Å². The first-order valence-electron chi connectivity index (χ1n) is 10.2. The highest BCUT2D eigenvalue weighted by atomic mass is 16.5. The van der Waals surface area contributed by atoms with Gasteiger partial charge in [-0.3, -0.25) is 14.9 Å². The second kappa shape index (κ2) is 7.15. The van der Waals surface area contributed by atoms with E-state index >= 15 is 0 Å². The third-order valence-electron chi connectivity index (χ3n) is 5.99. The molecule has 4 heterocycles. The van der Waals surface area contributed by atoms with E-state index in [1.54, 1.807) is 0 Å². The molecule has 3 aromatic rings. The minimum absolute atomic E-state index is 0.0134. The van der Waals surface area contributed by atoms with Crippen LogP contribution in [0.25, 0.3) is 10.8 Å². The number of aromatic amines is 1. The van der Waals surface area contributed by atoms with Crippen LogP contribution in [0.3, 0.4) is 0 Å². The third-order valence-corrected chi connectivity index (χ3v) is 5.99. The van der Waals surface area contributed by atoms with E-state index in [0.29, 0.717) is 18.8 Å². The van der Waals surface area contributed by atoms with Crippen LogP contribution in [0.15, 0.2) is 36.7 Å². The summed E-state index contributed by atoms with van der Waals surface area (Å²) in [5, 5.41) is 9.72. The summed E-state index contributed by atoms with van der Waals surface area (Å²) in [6.45, 7) is 6.94. The van der Waals surface area contributed by atoms with Crippen LogP contribution >= 0.6 is 0 Å². The Labute approximate surface area is 169 Å². The molecule has 1 saturated heterocycles. The number of aromatic nitrogens is 3. The lowest BCUT2D eigenvalue weighted by Crippen LogP contribution is -2.49. The van der Waals surface area contributed by atoms with Crippen LogP contribution in [0.1, 0.15) is 41.7 Å². The molecule has 5 rings (SSSR count). The Morgan fingerprint density at radius 1 is 1.14 bits per heavy atom. The average Bonchev–Trinajstić information content (AvgIpc) is 3.17. The van der Waals surface area contributed by atoms with Gasteiger partial charge in [0, 0.05) is 55.1 Å². The Kier molecular flexibility index (Phi) is 4.47. The zero-order valence-corrected chi connectivity index (χ0v) is 16.8. The van der Waals surface area contributed by atoms with Crippen molar-refractivity contribution >= 4 is 22.4 Å². The molecular formula is C22H25N5O2. The van der Waals surface area contributed by atoms with Crippen molar-refractivity contribution in [3.05, 3.63) is 53.6 Å². The minimum Gasteiger partial charge on any atom is -0.369 e. The van der Waals surface area contributed by atoms with Crippen LogP contribution in [0.5, 0.6) is 0 Å². The Morgan fingerprint density at radius 3 is 2.76 bits per heavy atom. The molecule has 1 N–H and O–H groups in total. The van der Waals surface area contributed by atoms with Gasteiger partial charge in [-0.05, 0) is 13.8 Å². The summed E-state index contributed by atoms with van der Waals surface area (Å²) >= 11 is 0. The first-order valence-corrected chi connectivity index (χ1v) is 10.2. The van der Waals surface area contributed by atoms with Gasteiger partial charge in [0.25, 0.3) is 5.91 Å². The highest BCUT2D eigenvalue weighted by Crippen LogP contribution is 2.31. The molecule has 0 radical (unpaired) electrons. The standard InChI is InChI=1S/C22H25N5O2/c1-14-11-18-20(15(2)29-14)24-25-21(18)22(28)27-9-7-26(8-10-27)19-13-23-12-16-5-3-4-6-17(16)19/h3-6,12-15H,7-11H2,1-2H3,(H,24,25)/t14-,15+/m1/s1. The SMILES string of the molecule is C[C@@H]1Cc2c(C(=O)N3CCN(c4cncc5ccccc45)CC3)n[nH]c2[C@H](C)O1. The molecule has 0 unspecified atom stereocenters. The Balaban J connectivity index is 1.33. The fourth-order valence-corrected chi connectivity index (χ4v) is 4.50. The molecular weight excluding hydrogens is 366 g/mol. The number of pyridine rings is 1. The molecule has 1 aromatic carbocycles. The Bertz CT molecular complexity index is 1050. The van der Waals surface area contributed by atoms with Gasteiger partial charge in [-0.1, -0.05) is 24.3 Å². The average molecular weight is 391 g/mol. The van der Waals surface area contributed by atoms with Crippen LogP contribution in [0.4, 0.5) is 5.69 Å². The van der Waals surface area contributed by atoms with Crippen LogP contribution in [0.2, 0.25) is 0 Å². The molecule has 0 aliphatic carbocycles. The Morgan fingerprint density at radius 2 is 1.93 bits per heavy atom. The summed E-state index contributed by atoms with van der Waals surface area (Å²) in [4.78, 5) is 21.8. The molecule has 2 aromatic heterocycles. The highest BCUT2D eigenvalue weighted by molar-refractivity contribution is 5.95. The van der Waals surface area contributed by atoms with Crippen molar-refractivity contribution in [3.8, 4) is 0 Å². The van der Waals surface area contributed by atoms with E-state index in [0.717, 1.165) is 41.8 Å². The van der Waals surface area contributed by atoms with Gasteiger partial charge in [-0.25, -0.2) is 0 Å². The van der Waals surface area contributed by atoms with E-state index in [2.05, 4.69) is 38.3 Å². The molecule has 150 valence electrons. The molecule has 7 heteroatoms. The number of carbonyl (C=O) groups excluding carboxylic acids is 1. The molecule has 1 fully saturated rings. The van der Waals surface area contributed by atoms with E-state index in [1.165, 1.54) is 5.39 Å². The molecule has 2 aliphatic heterocycles. The maximum Gasteiger partial charge on any atom is 0.274 e. The lowest BCUT2D eigenvalue weighted by Gasteiger charge is -2.36. The smallest absolute Gasteiger partial charge is 0.274 e. The number of H-pyrrole nitrogens is 1. The van der Waals surface area contributed by atoms with Crippen molar-refractivity contribution in [3.63, 3.8) is 0 Å². The number of hydrogen-bond acceptors (Lipinski definition) is 5. The predicted molar refractivity (Wildman–Crippen MR) is 111 cm³/mol. The largest absolute Gasteiger partial charge is 0.369 e. The zero-order valence-electron chi connectivity index (χ0n) is 16.8. The number of hydrogen-bond donors (Lipinski definition) is 1. The first-order chi connectivity index (χ1) is 14.1. The maximum absolute atomic E-state index is 13.2. The van der Waals surface area contributed by atoms with Gasteiger partial charge in [0.2, 0.25) is 0 Å². The Hall–Kier alpha value is -2.93. The number of nitrogens with one attached hydrogen (secondary N) is 1. The maximum atomic E-state index is 13.2. The van der Waals surface area contributed by atoms with E-state index in [-0.39, 0.29) is 18.1 Å². The van der Waals surface area contributed by atoms with E-state index in [1.807, 2.05) is 37.2 Å². The summed E-state index contributed by atoms with van der Waals surface area (Å²) in [5.41, 5.74) is 3.64. The molecule has 7 nitrogen and oxygen atoms in total. The number of rotatable bonds is 2. The van der Waals surface area contributed by atoms with Crippen molar-refractivity contribution < 1.29 is 9.53 Å². The zero-order chi connectivity index (χ0) is 20.0. The number of benzene rings is 1. The fraction of sp³-hybridized carbons (Fsp3) is 0.409. The van der Waals surface area contributed by atoms with Crippen molar-refractivity contribution in [2.75, 3.05) is 31.1 Å². The van der Waals surface area contributed by atoms with Crippen molar-refractivity contribution in [1.82, 2.24) is 20.1 Å². The normalized spacial score (nSPS) is 22.0. The quantitative estimate of drug-likeness (QED) is 0.727. The van der Waals surface area contributed by atoms with E-state index < -0.39 is 0 Å². The minimum atomic E-state index is -0.0569. The second-order valence-electron chi connectivity index (χ2n) is 7.92. The van der Waals surface area contributed by atoms with Crippen LogP contribution in [-0.2, 0) is 11.2 Å². The van der Waals surface area contributed by atoms with Gasteiger partial charge in [0.15, 0.2) is 5.69 Å². The lowest BCUT2D eigenvalue weighted by molar-refractivity contribution is -0.00702. The van der Waals surface area contributed by atoms with Crippen molar-refractivity contribution in [2.45, 2.75) is 32.5 Å². The van der Waals surface area contributed by atoms with E-state index in [9.17, 15) is 4.79 Å². The molecule has 2 aliphatic rings. The summed E-state index contributed by atoms with van der Waals surface area (Å²) < 4.78 is 5.84. The predicted octanol–water partition coefficient (Wildman–Crippen LogP) is 2.94. The number of piperazine rings is 1. The van der Waals surface area contributed by atoms with Gasteiger partial charge in [-0.2, -0.15) is 5.10 Å². The summed E-state index contributed by atoms with van der Waals surface area (Å²) in [6.07, 6.45) is 4.58. The number of carbonyl (C=O) groups is 1. The fourth-order valence-electron chi connectivity index (χ4n) is 4.50. The monoisotopic (exact) mass is 391 g/mol. The summed E-state index contributed by atoms with van der Waals surface area (Å²) in [5.74, 6) is 0.0134. The number of nitrogens with zero attached hydrogens (tertiary/aromatic N) is 4. The number of anilines is 1. The highest BCUT2D eigenvalue weighted by Gasteiger charge is 2.32. The number of fused-ring (bicyclic) bond motifs is 2. The third kappa shape index (κ3) is 3.15. The summed E-state index contributed by atoms with van der Waals surface area (Å²) in [7, 11) is 0.